The molecule has 2 aromatic rings. The highest BCUT2D eigenvalue weighted by atomic mass is 32.1. The quantitative estimate of drug-likeness (QED) is 0.842. The lowest BCUT2D eigenvalue weighted by atomic mass is 10.2. The van der Waals surface area contributed by atoms with E-state index in [1.165, 1.54) is 4.90 Å². The van der Waals surface area contributed by atoms with E-state index in [1.54, 1.807) is 0 Å². The van der Waals surface area contributed by atoms with Gasteiger partial charge in [-0.2, -0.15) is 13.2 Å². The number of aromatic nitrogens is 1. The lowest BCUT2D eigenvalue weighted by Crippen LogP contribution is -2.48. The predicted molar refractivity (Wildman–Crippen MR) is 81.7 cm³/mol. The van der Waals surface area contributed by atoms with Crippen LogP contribution in [0.15, 0.2) is 35.8 Å². The summed E-state index contributed by atoms with van der Waals surface area (Å²) in [6, 6.07) is 9.73. The van der Waals surface area contributed by atoms with E-state index in [-0.39, 0.29) is 4.88 Å². The van der Waals surface area contributed by atoms with Crippen LogP contribution in [0.3, 0.4) is 0 Å². The first kappa shape index (κ1) is 15.8. The average molecular weight is 341 g/mol. The van der Waals surface area contributed by atoms with Crippen molar-refractivity contribution < 1.29 is 18.0 Å². The Hall–Kier alpha value is -2.09. The number of hydrogen-bond acceptors (Lipinski definition) is 4. The van der Waals surface area contributed by atoms with Crippen LogP contribution in [0.1, 0.15) is 15.4 Å². The minimum atomic E-state index is -4.60. The molecule has 0 atom stereocenters. The summed E-state index contributed by atoms with van der Waals surface area (Å²) in [7, 11) is 0. The third kappa shape index (κ3) is 3.31. The first-order chi connectivity index (χ1) is 11.0. The Balaban J connectivity index is 1.69. The second kappa shape index (κ2) is 6.19. The monoisotopic (exact) mass is 341 g/mol. The smallest absolute Gasteiger partial charge is 0.368 e. The number of rotatable bonds is 2. The molecule has 0 saturated carbocycles. The predicted octanol–water partition coefficient (Wildman–Crippen LogP) is 3.12. The van der Waals surface area contributed by atoms with Crippen LogP contribution in [0.5, 0.6) is 0 Å². The van der Waals surface area contributed by atoms with Crippen molar-refractivity contribution in [3.05, 3.63) is 46.4 Å². The first-order valence-electron chi connectivity index (χ1n) is 7.07. The van der Waals surface area contributed by atoms with Crippen molar-refractivity contribution in [1.29, 1.82) is 0 Å². The highest BCUT2D eigenvalue weighted by Crippen LogP contribution is 2.33. The highest BCUT2D eigenvalue weighted by molar-refractivity contribution is 7.11. The third-order valence-electron chi connectivity index (χ3n) is 3.72. The van der Waals surface area contributed by atoms with Gasteiger partial charge in [0.2, 0.25) is 0 Å². The summed E-state index contributed by atoms with van der Waals surface area (Å²) in [6.45, 7) is 1.97. The van der Waals surface area contributed by atoms with Gasteiger partial charge in [0.15, 0.2) is 5.69 Å². The Morgan fingerprint density at radius 2 is 1.74 bits per heavy atom. The zero-order valence-electron chi connectivity index (χ0n) is 12.1. The molecule has 1 aliphatic rings. The molecule has 2 heterocycles. The zero-order chi connectivity index (χ0) is 16.4. The van der Waals surface area contributed by atoms with E-state index in [0.717, 1.165) is 22.5 Å². The molecule has 3 rings (SSSR count). The Morgan fingerprint density at radius 3 is 2.35 bits per heavy atom. The van der Waals surface area contributed by atoms with E-state index in [9.17, 15) is 18.0 Å². The van der Waals surface area contributed by atoms with Crippen LogP contribution in [0.25, 0.3) is 0 Å². The van der Waals surface area contributed by atoms with Crippen LogP contribution in [-0.4, -0.2) is 42.0 Å². The van der Waals surface area contributed by atoms with Crippen LogP contribution in [-0.2, 0) is 6.18 Å². The number of halogens is 3. The fourth-order valence-electron chi connectivity index (χ4n) is 2.55. The number of thiazole rings is 1. The fraction of sp³-hybridized carbons (Fsp3) is 0.333. The van der Waals surface area contributed by atoms with Crippen LogP contribution < -0.4 is 4.90 Å². The fourth-order valence-corrected chi connectivity index (χ4v) is 3.32. The number of piperazine rings is 1. The van der Waals surface area contributed by atoms with E-state index in [4.69, 9.17) is 0 Å². The van der Waals surface area contributed by atoms with Crippen molar-refractivity contribution in [1.82, 2.24) is 9.88 Å². The van der Waals surface area contributed by atoms with Crippen molar-refractivity contribution in [3.8, 4) is 0 Å². The average Bonchev–Trinajstić information content (AvgIpc) is 3.05. The summed E-state index contributed by atoms with van der Waals surface area (Å²) in [5.41, 5.74) is 1.03. The summed E-state index contributed by atoms with van der Waals surface area (Å²) in [5.74, 6) is -0.590. The summed E-state index contributed by atoms with van der Waals surface area (Å²) in [4.78, 5) is 18.9. The number of carbonyl (C=O) groups is 1. The molecule has 1 aliphatic heterocycles. The molecule has 1 amide bonds. The third-order valence-corrected chi connectivity index (χ3v) is 4.53. The molecule has 1 aromatic heterocycles. The number of para-hydroxylation sites is 1. The molecule has 1 aromatic carbocycles. The summed E-state index contributed by atoms with van der Waals surface area (Å²) in [6.07, 6.45) is -4.60. The molecule has 0 spiro atoms. The second-order valence-electron chi connectivity index (χ2n) is 5.14. The molecular weight excluding hydrogens is 327 g/mol. The van der Waals surface area contributed by atoms with Gasteiger partial charge in [-0.15, -0.1) is 11.3 Å². The van der Waals surface area contributed by atoms with E-state index in [2.05, 4.69) is 9.88 Å². The SMILES string of the molecule is O=C(c1scnc1C(F)(F)F)N1CCN(c2ccccc2)CC1. The Labute approximate surface area is 135 Å². The van der Waals surface area contributed by atoms with Crippen LogP contribution in [0, 0.1) is 0 Å². The van der Waals surface area contributed by atoms with Gasteiger partial charge in [-0.25, -0.2) is 4.98 Å². The van der Waals surface area contributed by atoms with Crippen molar-refractivity contribution in [2.24, 2.45) is 0 Å². The number of carbonyl (C=O) groups excluding carboxylic acids is 1. The summed E-state index contributed by atoms with van der Waals surface area (Å²) in [5, 5.41) is 0. The molecule has 8 heteroatoms. The zero-order valence-corrected chi connectivity index (χ0v) is 12.9. The number of alkyl halides is 3. The number of amides is 1. The van der Waals surface area contributed by atoms with Crippen LogP contribution >= 0.6 is 11.3 Å². The molecule has 122 valence electrons. The lowest BCUT2D eigenvalue weighted by Gasteiger charge is -2.36. The van der Waals surface area contributed by atoms with Crippen molar-refractivity contribution in [2.75, 3.05) is 31.1 Å². The van der Waals surface area contributed by atoms with Gasteiger partial charge in [-0.05, 0) is 12.1 Å². The van der Waals surface area contributed by atoms with E-state index in [1.807, 2.05) is 30.3 Å². The van der Waals surface area contributed by atoms with Gasteiger partial charge < -0.3 is 9.80 Å². The van der Waals surface area contributed by atoms with Gasteiger partial charge in [0.1, 0.15) is 4.88 Å². The number of nitrogens with zero attached hydrogens (tertiary/aromatic N) is 3. The summed E-state index contributed by atoms with van der Waals surface area (Å²) < 4.78 is 38.6. The van der Waals surface area contributed by atoms with Gasteiger partial charge in [-0.1, -0.05) is 18.2 Å². The normalized spacial score (nSPS) is 15.8. The molecule has 23 heavy (non-hydrogen) atoms. The molecule has 0 N–H and O–H groups in total. The Kier molecular flexibility index (Phi) is 4.25. The second-order valence-corrected chi connectivity index (χ2v) is 6.00. The van der Waals surface area contributed by atoms with E-state index in [0.29, 0.717) is 26.2 Å². The Bertz CT molecular complexity index is 679. The van der Waals surface area contributed by atoms with Gasteiger partial charge in [0, 0.05) is 31.9 Å². The minimum absolute atomic E-state index is 0.328. The molecule has 0 aliphatic carbocycles. The Morgan fingerprint density at radius 1 is 1.09 bits per heavy atom. The van der Waals surface area contributed by atoms with Gasteiger partial charge in [0.25, 0.3) is 5.91 Å². The molecular formula is C15H14F3N3OS. The number of benzene rings is 1. The van der Waals surface area contributed by atoms with Gasteiger partial charge >= 0.3 is 6.18 Å². The molecule has 0 bridgehead atoms. The van der Waals surface area contributed by atoms with Gasteiger partial charge in [-0.3, -0.25) is 4.79 Å². The molecule has 1 fully saturated rings. The van der Waals surface area contributed by atoms with Crippen molar-refractivity contribution in [2.45, 2.75) is 6.18 Å². The van der Waals surface area contributed by atoms with Crippen LogP contribution in [0.4, 0.5) is 18.9 Å². The van der Waals surface area contributed by atoms with E-state index < -0.39 is 17.8 Å². The topological polar surface area (TPSA) is 36.4 Å². The molecule has 0 radical (unpaired) electrons. The highest BCUT2D eigenvalue weighted by Gasteiger charge is 2.39. The maximum atomic E-state index is 12.9. The number of anilines is 1. The van der Waals surface area contributed by atoms with Gasteiger partial charge in [0.05, 0.1) is 5.51 Å². The first-order valence-corrected chi connectivity index (χ1v) is 7.95. The maximum Gasteiger partial charge on any atom is 0.434 e. The number of hydrogen-bond donors (Lipinski definition) is 0. The molecule has 1 saturated heterocycles. The standard InChI is InChI=1S/C15H14F3N3OS/c16-15(17,18)13-12(23-10-19-13)14(22)21-8-6-20(7-9-21)11-4-2-1-3-5-11/h1-5,10H,6-9H2. The largest absolute Gasteiger partial charge is 0.434 e. The molecule has 0 unspecified atom stereocenters. The summed E-state index contributed by atoms with van der Waals surface area (Å²) >= 11 is 0.739. The maximum absolute atomic E-state index is 12.9. The molecule has 4 nitrogen and oxygen atoms in total. The van der Waals surface area contributed by atoms with Crippen molar-refractivity contribution >= 4 is 22.9 Å². The lowest BCUT2D eigenvalue weighted by molar-refractivity contribution is -0.141. The van der Waals surface area contributed by atoms with Crippen LogP contribution in [0.2, 0.25) is 0 Å². The minimum Gasteiger partial charge on any atom is -0.368 e. The van der Waals surface area contributed by atoms with Crippen molar-refractivity contribution in [3.63, 3.8) is 0 Å². The van der Waals surface area contributed by atoms with E-state index >= 15 is 0 Å².